The molecule has 0 bridgehead atoms. The van der Waals surface area contributed by atoms with E-state index in [0.717, 1.165) is 10.9 Å². The molecule has 0 unspecified atom stereocenters. The van der Waals surface area contributed by atoms with Crippen LogP contribution in [-0.4, -0.2) is 43.9 Å². The van der Waals surface area contributed by atoms with E-state index in [1.54, 1.807) is 6.07 Å². The van der Waals surface area contributed by atoms with Crippen molar-refractivity contribution < 1.29 is 14.3 Å². The average Bonchev–Trinajstić information content (AvgIpc) is 3.27. The van der Waals surface area contributed by atoms with Gasteiger partial charge in [-0.05, 0) is 31.0 Å². The quantitative estimate of drug-likeness (QED) is 0.486. The fraction of sp³-hybridized carbons (Fsp3) is 0.217. The van der Waals surface area contributed by atoms with E-state index in [1.165, 1.54) is 23.1 Å². The summed E-state index contributed by atoms with van der Waals surface area (Å²) in [6, 6.07) is 12.9. The lowest BCUT2D eigenvalue weighted by molar-refractivity contribution is 0.0697. The van der Waals surface area contributed by atoms with Crippen molar-refractivity contribution in [2.45, 2.75) is 20.3 Å². The van der Waals surface area contributed by atoms with Gasteiger partial charge in [0.05, 0.1) is 17.3 Å². The maximum atomic E-state index is 15.0. The second-order valence-electron chi connectivity index (χ2n) is 7.12. The monoisotopic (exact) mass is 419 g/mol. The summed E-state index contributed by atoms with van der Waals surface area (Å²) in [5.74, 6) is -0.588. The van der Waals surface area contributed by atoms with Gasteiger partial charge < -0.3 is 10.0 Å². The molecule has 2 heterocycles. The second-order valence-corrected chi connectivity index (χ2v) is 7.12. The van der Waals surface area contributed by atoms with Crippen molar-refractivity contribution in [2.24, 2.45) is 0 Å². The second kappa shape index (κ2) is 8.51. The van der Waals surface area contributed by atoms with Crippen molar-refractivity contribution in [3.05, 3.63) is 77.4 Å². The number of carbonyl (C=O) groups is 1. The maximum Gasteiger partial charge on any atom is 0.338 e. The molecule has 0 spiro atoms. The third-order valence-corrected chi connectivity index (χ3v) is 5.17. The number of fused-ring (bicyclic) bond motifs is 1. The lowest BCUT2D eigenvalue weighted by Gasteiger charge is -2.22. The molecule has 0 amide bonds. The molecule has 7 nitrogen and oxygen atoms in total. The van der Waals surface area contributed by atoms with Crippen LogP contribution in [0, 0.1) is 5.82 Å². The van der Waals surface area contributed by atoms with E-state index in [-0.39, 0.29) is 17.3 Å². The number of benzene rings is 2. The van der Waals surface area contributed by atoms with Crippen molar-refractivity contribution in [3.63, 3.8) is 0 Å². The lowest BCUT2D eigenvalue weighted by Crippen LogP contribution is -2.24. The molecule has 158 valence electrons. The van der Waals surface area contributed by atoms with Gasteiger partial charge in [-0.15, -0.1) is 0 Å². The van der Waals surface area contributed by atoms with Crippen LogP contribution in [0.1, 0.15) is 35.3 Å². The van der Waals surface area contributed by atoms with E-state index < -0.39 is 5.97 Å². The minimum absolute atomic E-state index is 0.0254. The van der Waals surface area contributed by atoms with Crippen molar-refractivity contribution in [1.29, 1.82) is 0 Å². The van der Waals surface area contributed by atoms with Crippen molar-refractivity contribution in [3.8, 4) is 5.95 Å². The Bertz CT molecular complexity index is 1240. The average molecular weight is 419 g/mol. The van der Waals surface area contributed by atoms with E-state index in [4.69, 9.17) is 0 Å². The number of rotatable bonds is 7. The van der Waals surface area contributed by atoms with Crippen molar-refractivity contribution in [2.75, 3.05) is 18.0 Å². The van der Waals surface area contributed by atoms with E-state index in [0.29, 0.717) is 36.4 Å². The molecule has 4 rings (SSSR count). The summed E-state index contributed by atoms with van der Waals surface area (Å²) in [7, 11) is 0. The van der Waals surface area contributed by atoms with Gasteiger partial charge >= 0.3 is 5.97 Å². The van der Waals surface area contributed by atoms with Gasteiger partial charge in [-0.3, -0.25) is 0 Å². The smallest absolute Gasteiger partial charge is 0.338 e. The fourth-order valence-electron chi connectivity index (χ4n) is 3.53. The predicted octanol–water partition coefficient (Wildman–Crippen LogP) is 4.09. The standard InChI is InChI=1S/C23H22FN5O2/c1-3-28(4-2)21-18-11-16(10-15-8-6-5-7-9-15)19(24)12-20(18)26-23(27-21)29-14-17(13-25-29)22(30)31/h5-9,11-14H,3-4,10H2,1-2H3,(H,30,31). The lowest BCUT2D eigenvalue weighted by atomic mass is 10.0. The topological polar surface area (TPSA) is 84.1 Å². The van der Waals surface area contributed by atoms with Crippen LogP contribution in [0.2, 0.25) is 0 Å². The third-order valence-electron chi connectivity index (χ3n) is 5.17. The molecule has 0 saturated heterocycles. The summed E-state index contributed by atoms with van der Waals surface area (Å²) < 4.78 is 16.3. The molecule has 0 atom stereocenters. The van der Waals surface area contributed by atoms with Gasteiger partial charge in [-0.2, -0.15) is 10.1 Å². The molecule has 8 heteroatoms. The fourth-order valence-corrected chi connectivity index (χ4v) is 3.53. The largest absolute Gasteiger partial charge is 0.478 e. The molecule has 31 heavy (non-hydrogen) atoms. The third kappa shape index (κ3) is 4.09. The number of anilines is 1. The summed E-state index contributed by atoms with van der Waals surface area (Å²) >= 11 is 0. The molecule has 4 aromatic rings. The highest BCUT2D eigenvalue weighted by atomic mass is 19.1. The first-order valence-corrected chi connectivity index (χ1v) is 10.1. The Morgan fingerprint density at radius 1 is 1.13 bits per heavy atom. The highest BCUT2D eigenvalue weighted by Crippen LogP contribution is 2.28. The molecule has 2 aromatic heterocycles. The molecule has 0 aliphatic heterocycles. The summed E-state index contributed by atoms with van der Waals surface area (Å²) in [5.41, 5.74) is 2.04. The van der Waals surface area contributed by atoms with Gasteiger partial charge in [0.1, 0.15) is 11.6 Å². The summed E-state index contributed by atoms with van der Waals surface area (Å²) in [6.07, 6.45) is 3.04. The molecular formula is C23H22FN5O2. The normalized spacial score (nSPS) is 11.1. The highest BCUT2D eigenvalue weighted by molar-refractivity contribution is 5.91. The van der Waals surface area contributed by atoms with Gasteiger partial charge in [0.2, 0.25) is 0 Å². The number of halogens is 1. The number of carboxylic acid groups (broad SMARTS) is 1. The maximum absolute atomic E-state index is 15.0. The zero-order chi connectivity index (χ0) is 22.0. The number of aromatic carboxylic acids is 1. The molecule has 0 fully saturated rings. The van der Waals surface area contributed by atoms with Crippen LogP contribution in [0.5, 0.6) is 0 Å². The van der Waals surface area contributed by atoms with Crippen LogP contribution in [0.3, 0.4) is 0 Å². The molecule has 0 aliphatic rings. The Morgan fingerprint density at radius 2 is 1.87 bits per heavy atom. The van der Waals surface area contributed by atoms with Crippen molar-refractivity contribution in [1.82, 2.24) is 19.7 Å². The van der Waals surface area contributed by atoms with Crippen LogP contribution < -0.4 is 4.90 Å². The number of aromatic nitrogens is 4. The van der Waals surface area contributed by atoms with Gasteiger partial charge in [0, 0.05) is 37.2 Å². The molecular weight excluding hydrogens is 397 g/mol. The first-order chi connectivity index (χ1) is 15.0. The Hall–Kier alpha value is -3.81. The van der Waals surface area contributed by atoms with Crippen LogP contribution in [0.25, 0.3) is 16.9 Å². The molecule has 0 radical (unpaired) electrons. The SMILES string of the molecule is CCN(CC)c1nc(-n2cc(C(=O)O)cn2)nc2cc(F)c(Cc3ccccc3)cc12. The molecule has 0 aliphatic carbocycles. The van der Waals surface area contributed by atoms with Crippen molar-refractivity contribution >= 4 is 22.7 Å². The first kappa shape index (κ1) is 20.5. The zero-order valence-electron chi connectivity index (χ0n) is 17.3. The predicted molar refractivity (Wildman–Crippen MR) is 116 cm³/mol. The molecule has 0 saturated carbocycles. The molecule has 2 aromatic carbocycles. The van der Waals surface area contributed by atoms with E-state index >= 15 is 0 Å². The van der Waals surface area contributed by atoms with Crippen LogP contribution in [-0.2, 0) is 6.42 Å². The van der Waals surface area contributed by atoms with Crippen LogP contribution >= 0.6 is 0 Å². The Kier molecular flexibility index (Phi) is 5.62. The first-order valence-electron chi connectivity index (χ1n) is 10.1. The number of carboxylic acids is 1. The van der Waals surface area contributed by atoms with Gasteiger partial charge in [0.25, 0.3) is 5.95 Å². The van der Waals surface area contributed by atoms with Gasteiger partial charge in [-0.25, -0.2) is 18.9 Å². The highest BCUT2D eigenvalue weighted by Gasteiger charge is 2.18. The van der Waals surface area contributed by atoms with E-state index in [1.807, 2.05) is 44.2 Å². The van der Waals surface area contributed by atoms with Gasteiger partial charge in [-0.1, -0.05) is 30.3 Å². The summed E-state index contributed by atoms with van der Waals surface area (Å²) in [6.45, 7) is 5.43. The Labute approximate surface area is 178 Å². The number of nitrogens with zero attached hydrogens (tertiary/aromatic N) is 5. The Balaban J connectivity index is 1.87. The molecule has 1 N–H and O–H groups in total. The van der Waals surface area contributed by atoms with Crippen LogP contribution in [0.15, 0.2) is 54.9 Å². The number of hydrogen-bond acceptors (Lipinski definition) is 5. The minimum atomic E-state index is -1.09. The van der Waals surface area contributed by atoms with Crippen LogP contribution in [0.4, 0.5) is 10.2 Å². The Morgan fingerprint density at radius 3 is 2.52 bits per heavy atom. The van der Waals surface area contributed by atoms with E-state index in [2.05, 4.69) is 20.0 Å². The summed E-state index contributed by atoms with van der Waals surface area (Å²) in [4.78, 5) is 22.4. The minimum Gasteiger partial charge on any atom is -0.478 e. The zero-order valence-corrected chi connectivity index (χ0v) is 17.3. The van der Waals surface area contributed by atoms with E-state index in [9.17, 15) is 14.3 Å². The number of hydrogen-bond donors (Lipinski definition) is 1. The van der Waals surface area contributed by atoms with Gasteiger partial charge in [0.15, 0.2) is 0 Å². The summed E-state index contributed by atoms with van der Waals surface area (Å²) in [5, 5.41) is 14.0.